The van der Waals surface area contributed by atoms with Gasteiger partial charge in [0.1, 0.15) is 0 Å². The number of rotatable bonds is 10. The molecule has 0 spiro atoms. The Morgan fingerprint density at radius 3 is 2.41 bits per heavy atom. The van der Waals surface area contributed by atoms with Crippen molar-refractivity contribution in [3.8, 4) is 22.6 Å². The van der Waals surface area contributed by atoms with Crippen molar-refractivity contribution in [2.24, 2.45) is 4.99 Å². The van der Waals surface area contributed by atoms with Crippen molar-refractivity contribution in [3.63, 3.8) is 0 Å². The molecule has 1 aliphatic heterocycles. The molecule has 5 aromatic rings. The van der Waals surface area contributed by atoms with E-state index in [9.17, 15) is 0 Å². The number of aromatic nitrogens is 2. The van der Waals surface area contributed by atoms with Gasteiger partial charge in [-0.05, 0) is 127 Å². The maximum absolute atomic E-state index is 5.26. The molecule has 244 valence electrons. The fraction of sp³-hybridized carbons (Fsp3) is 0.196. The molecule has 0 saturated heterocycles. The summed E-state index contributed by atoms with van der Waals surface area (Å²) < 4.78 is 0. The third-order valence-corrected chi connectivity index (χ3v) is 9.28. The van der Waals surface area contributed by atoms with Gasteiger partial charge in [0.15, 0.2) is 5.82 Å². The molecule has 0 saturated carbocycles. The summed E-state index contributed by atoms with van der Waals surface area (Å²) in [5.41, 5.74) is 11.3. The maximum atomic E-state index is 5.26. The van der Waals surface area contributed by atoms with Gasteiger partial charge in [0.25, 0.3) is 0 Å². The molecule has 49 heavy (non-hydrogen) atoms. The van der Waals surface area contributed by atoms with Crippen LogP contribution >= 0.6 is 0 Å². The normalized spacial score (nSPS) is 14.3. The first kappa shape index (κ1) is 33.5. The largest absolute Gasteiger partial charge is 0.269 e. The minimum absolute atomic E-state index is 0.727. The van der Waals surface area contributed by atoms with Gasteiger partial charge < -0.3 is 0 Å². The Morgan fingerprint density at radius 1 is 0.816 bits per heavy atom. The number of hydrogen-bond donors (Lipinski definition) is 0. The number of benzene rings is 4. The standard InChI is InChI=1S/C46H45N3/c1-6-16-34(8-3)36-21-14-22-37(28-36)45-30-44(35(9-4)20-11-10-18-33-19-15-27-47-31-33)48-46(49-45)38-25-26-42-41-24-13-12-23-40(41)32(5)39(17-7-2)43(42)29-38/h6-8,10-14,16-17,20-31H,9,15,18-19H2,1-5H3/b11-10-,16-6-,17-7-,34-8+,35-20+. The van der Waals surface area contributed by atoms with Crippen LogP contribution in [-0.2, 0) is 0 Å². The fourth-order valence-electron chi connectivity index (χ4n) is 6.69. The minimum atomic E-state index is 0.727. The topological polar surface area (TPSA) is 38.1 Å². The summed E-state index contributed by atoms with van der Waals surface area (Å²) in [6, 6.07) is 26.2. The van der Waals surface area contributed by atoms with Crippen molar-refractivity contribution < 1.29 is 0 Å². The third-order valence-electron chi connectivity index (χ3n) is 9.28. The molecule has 0 unspecified atom stereocenters. The zero-order valence-electron chi connectivity index (χ0n) is 29.4. The van der Waals surface area contributed by atoms with Gasteiger partial charge in [0.2, 0.25) is 0 Å². The molecule has 0 aliphatic carbocycles. The zero-order valence-corrected chi connectivity index (χ0v) is 29.4. The predicted molar refractivity (Wildman–Crippen MR) is 214 cm³/mol. The van der Waals surface area contributed by atoms with E-state index in [0.29, 0.717) is 0 Å². The summed E-state index contributed by atoms with van der Waals surface area (Å²) in [4.78, 5) is 14.8. The number of nitrogens with zero attached hydrogens (tertiary/aromatic N) is 3. The zero-order chi connectivity index (χ0) is 34.2. The number of allylic oxidation sites excluding steroid dienone is 10. The lowest BCUT2D eigenvalue weighted by Gasteiger charge is -2.15. The van der Waals surface area contributed by atoms with Crippen molar-refractivity contribution >= 4 is 45.0 Å². The molecule has 6 rings (SSSR count). The second kappa shape index (κ2) is 15.7. The van der Waals surface area contributed by atoms with E-state index >= 15 is 0 Å². The summed E-state index contributed by atoms with van der Waals surface area (Å²) in [5.74, 6) is 0.727. The SMILES string of the molecule is C/C=C\C(=C/C)c1cccc(-c2cc(/C(=C/C=C\CC3=CN=CCC3)CC)nc(-c3ccc4c(c3)c(/C=C\C)c(C)c3ccccc34)n2)c1. The molecular formula is C46H45N3. The van der Waals surface area contributed by atoms with Gasteiger partial charge in [-0.15, -0.1) is 0 Å². The first-order chi connectivity index (χ1) is 24.0. The molecule has 0 amide bonds. The first-order valence-electron chi connectivity index (χ1n) is 17.5. The molecule has 1 aromatic heterocycles. The van der Waals surface area contributed by atoms with E-state index in [4.69, 9.17) is 9.97 Å². The average molecular weight is 640 g/mol. The van der Waals surface area contributed by atoms with Crippen LogP contribution in [0.4, 0.5) is 0 Å². The highest BCUT2D eigenvalue weighted by molar-refractivity contribution is 6.13. The lowest BCUT2D eigenvalue weighted by Crippen LogP contribution is -1.99. The molecule has 3 nitrogen and oxygen atoms in total. The second-order valence-corrected chi connectivity index (χ2v) is 12.5. The molecule has 2 heterocycles. The van der Waals surface area contributed by atoms with E-state index in [0.717, 1.165) is 54.0 Å². The molecular weight excluding hydrogens is 595 g/mol. The molecule has 0 radical (unpaired) electrons. The lowest BCUT2D eigenvalue weighted by atomic mass is 9.91. The minimum Gasteiger partial charge on any atom is -0.269 e. The van der Waals surface area contributed by atoms with Crippen LogP contribution in [-0.4, -0.2) is 16.2 Å². The summed E-state index contributed by atoms with van der Waals surface area (Å²) in [6.07, 6.45) is 25.2. The highest BCUT2D eigenvalue weighted by atomic mass is 14.9. The molecule has 0 bridgehead atoms. The average Bonchev–Trinajstić information content (AvgIpc) is 3.15. The Balaban J connectivity index is 1.51. The van der Waals surface area contributed by atoms with Crippen LogP contribution in [0.3, 0.4) is 0 Å². The summed E-state index contributed by atoms with van der Waals surface area (Å²) in [5, 5.41) is 5.00. The van der Waals surface area contributed by atoms with Crippen molar-refractivity contribution in [2.45, 2.75) is 60.3 Å². The Hall–Kier alpha value is -5.41. The van der Waals surface area contributed by atoms with Crippen LogP contribution in [0.5, 0.6) is 0 Å². The Bertz CT molecular complexity index is 2220. The van der Waals surface area contributed by atoms with Crippen molar-refractivity contribution in [1.29, 1.82) is 0 Å². The van der Waals surface area contributed by atoms with Gasteiger partial charge >= 0.3 is 0 Å². The number of hydrogen-bond acceptors (Lipinski definition) is 3. The van der Waals surface area contributed by atoms with Crippen molar-refractivity contribution in [2.75, 3.05) is 0 Å². The van der Waals surface area contributed by atoms with Gasteiger partial charge in [0, 0.05) is 23.5 Å². The van der Waals surface area contributed by atoms with Crippen LogP contribution in [0.1, 0.15) is 75.8 Å². The maximum Gasteiger partial charge on any atom is 0.160 e. The summed E-state index contributed by atoms with van der Waals surface area (Å²) >= 11 is 0. The van der Waals surface area contributed by atoms with Gasteiger partial charge in [-0.2, -0.15) is 0 Å². The monoisotopic (exact) mass is 639 g/mol. The van der Waals surface area contributed by atoms with Crippen LogP contribution in [0.25, 0.3) is 61.4 Å². The van der Waals surface area contributed by atoms with Crippen LogP contribution in [0.2, 0.25) is 0 Å². The number of fused-ring (bicyclic) bond motifs is 3. The van der Waals surface area contributed by atoms with E-state index in [-0.39, 0.29) is 0 Å². The molecule has 0 N–H and O–H groups in total. The van der Waals surface area contributed by atoms with E-state index in [1.165, 1.54) is 55.0 Å². The molecule has 0 atom stereocenters. The lowest BCUT2D eigenvalue weighted by molar-refractivity contribution is 0.950. The van der Waals surface area contributed by atoms with E-state index < -0.39 is 0 Å². The third kappa shape index (κ3) is 7.37. The van der Waals surface area contributed by atoms with Gasteiger partial charge in [0.05, 0.1) is 11.4 Å². The smallest absolute Gasteiger partial charge is 0.160 e. The molecule has 3 heteroatoms. The van der Waals surface area contributed by atoms with Crippen LogP contribution in [0, 0.1) is 6.92 Å². The Morgan fingerprint density at radius 2 is 1.65 bits per heavy atom. The van der Waals surface area contributed by atoms with E-state index in [1.807, 2.05) is 12.4 Å². The molecule has 0 fully saturated rings. The predicted octanol–water partition coefficient (Wildman–Crippen LogP) is 12.9. The molecule has 1 aliphatic rings. The Kier molecular flexibility index (Phi) is 10.7. The Labute approximate surface area is 291 Å². The van der Waals surface area contributed by atoms with Crippen molar-refractivity contribution in [1.82, 2.24) is 9.97 Å². The van der Waals surface area contributed by atoms with E-state index in [2.05, 4.69) is 161 Å². The molecule has 4 aromatic carbocycles. The number of aliphatic imine (C=N–C) groups is 1. The highest BCUT2D eigenvalue weighted by Crippen LogP contribution is 2.36. The van der Waals surface area contributed by atoms with Gasteiger partial charge in [-0.3, -0.25) is 4.99 Å². The first-order valence-corrected chi connectivity index (χ1v) is 17.5. The summed E-state index contributed by atoms with van der Waals surface area (Å²) in [6.45, 7) is 10.6. The fourth-order valence-corrected chi connectivity index (χ4v) is 6.69. The van der Waals surface area contributed by atoms with E-state index in [1.54, 1.807) is 0 Å². The van der Waals surface area contributed by atoms with Gasteiger partial charge in [-0.1, -0.05) is 110 Å². The number of aryl methyl sites for hydroxylation is 1. The van der Waals surface area contributed by atoms with Crippen molar-refractivity contribution in [3.05, 3.63) is 149 Å². The second-order valence-electron chi connectivity index (χ2n) is 12.5. The van der Waals surface area contributed by atoms with Crippen LogP contribution in [0.15, 0.2) is 132 Å². The summed E-state index contributed by atoms with van der Waals surface area (Å²) in [7, 11) is 0. The highest BCUT2D eigenvalue weighted by Gasteiger charge is 2.15. The van der Waals surface area contributed by atoms with Crippen LogP contribution < -0.4 is 0 Å². The van der Waals surface area contributed by atoms with Gasteiger partial charge in [-0.25, -0.2) is 9.97 Å². The quantitative estimate of drug-likeness (QED) is 0.113.